The lowest BCUT2D eigenvalue weighted by molar-refractivity contribution is -0.386. The zero-order chi connectivity index (χ0) is 22.7. The Morgan fingerprint density at radius 1 is 1.10 bits per heavy atom. The predicted octanol–water partition coefficient (Wildman–Crippen LogP) is 4.55. The van der Waals surface area contributed by atoms with Crippen molar-refractivity contribution in [3.05, 3.63) is 57.1 Å². The Morgan fingerprint density at radius 2 is 1.71 bits per heavy atom. The van der Waals surface area contributed by atoms with Crippen LogP contribution in [-0.4, -0.2) is 43.1 Å². The number of nitrogens with zero attached hydrogens (tertiary/aromatic N) is 2. The second-order valence-electron chi connectivity index (χ2n) is 7.86. The van der Waals surface area contributed by atoms with E-state index < -0.39 is 16.5 Å². The lowest BCUT2D eigenvalue weighted by atomic mass is 10.0. The van der Waals surface area contributed by atoms with Gasteiger partial charge in [-0.2, -0.15) is 0 Å². The molecule has 0 spiro atoms. The van der Waals surface area contributed by atoms with Gasteiger partial charge < -0.3 is 19.1 Å². The molecule has 0 bridgehead atoms. The molecule has 0 aliphatic heterocycles. The number of carbonyl (C=O) groups is 1. The van der Waals surface area contributed by atoms with E-state index >= 15 is 0 Å². The van der Waals surface area contributed by atoms with Crippen molar-refractivity contribution in [1.29, 1.82) is 0 Å². The first kappa shape index (κ1) is 22.4. The minimum Gasteiger partial charge on any atom is -0.493 e. The Bertz CT molecular complexity index is 967. The van der Waals surface area contributed by atoms with Crippen molar-refractivity contribution >= 4 is 11.6 Å². The van der Waals surface area contributed by atoms with Crippen LogP contribution < -0.4 is 14.2 Å². The van der Waals surface area contributed by atoms with Crippen molar-refractivity contribution in [2.75, 3.05) is 21.3 Å². The lowest BCUT2D eigenvalue weighted by Crippen LogP contribution is -2.33. The molecule has 3 rings (SSSR count). The third-order valence-corrected chi connectivity index (χ3v) is 5.46. The highest BCUT2D eigenvalue weighted by Gasteiger charge is 2.39. The predicted molar refractivity (Wildman–Crippen MR) is 116 cm³/mol. The molecule has 0 heterocycles. The lowest BCUT2D eigenvalue weighted by Gasteiger charge is -2.24. The summed E-state index contributed by atoms with van der Waals surface area (Å²) in [5.41, 5.74) is 1.68. The van der Waals surface area contributed by atoms with Gasteiger partial charge in [-0.15, -0.1) is 0 Å². The van der Waals surface area contributed by atoms with Crippen LogP contribution in [0, 0.1) is 10.1 Å². The molecule has 0 aromatic heterocycles. The zero-order valence-electron chi connectivity index (χ0n) is 18.5. The van der Waals surface area contributed by atoms with Gasteiger partial charge in [0.1, 0.15) is 5.56 Å². The SMILES string of the molecule is COc1cc(C(=O)N(Cc2ccc(C(C)C)cc2)C2CC2)c([N+](=O)[O-])c(OC)c1OC. The normalized spacial score (nSPS) is 13.1. The van der Waals surface area contributed by atoms with Gasteiger partial charge in [0.15, 0.2) is 5.75 Å². The van der Waals surface area contributed by atoms with Crippen LogP contribution in [0.5, 0.6) is 17.2 Å². The minimum absolute atomic E-state index is 0.0518. The second kappa shape index (κ2) is 9.24. The molecule has 1 saturated carbocycles. The van der Waals surface area contributed by atoms with E-state index in [-0.39, 0.29) is 28.9 Å². The summed E-state index contributed by atoms with van der Waals surface area (Å²) in [5.74, 6) is 0.131. The number of rotatable bonds is 9. The summed E-state index contributed by atoms with van der Waals surface area (Å²) in [4.78, 5) is 26.5. The van der Waals surface area contributed by atoms with E-state index in [1.807, 2.05) is 12.1 Å². The molecule has 1 amide bonds. The Hall–Kier alpha value is -3.29. The molecule has 1 aliphatic rings. The number of amides is 1. The molecule has 31 heavy (non-hydrogen) atoms. The summed E-state index contributed by atoms with van der Waals surface area (Å²) in [5, 5.41) is 11.9. The fourth-order valence-corrected chi connectivity index (χ4v) is 3.60. The number of nitro benzene ring substituents is 1. The first-order valence-corrected chi connectivity index (χ1v) is 10.2. The number of benzene rings is 2. The van der Waals surface area contributed by atoms with E-state index in [1.165, 1.54) is 33.0 Å². The summed E-state index contributed by atoms with van der Waals surface area (Å²) < 4.78 is 15.8. The van der Waals surface area contributed by atoms with Gasteiger partial charge in [0.05, 0.1) is 26.3 Å². The number of carbonyl (C=O) groups excluding carboxylic acids is 1. The maximum Gasteiger partial charge on any atom is 0.327 e. The third kappa shape index (κ3) is 4.57. The number of ether oxygens (including phenoxy) is 3. The van der Waals surface area contributed by atoms with Gasteiger partial charge in [0.2, 0.25) is 11.5 Å². The van der Waals surface area contributed by atoms with E-state index in [0.717, 1.165) is 18.4 Å². The van der Waals surface area contributed by atoms with Crippen molar-refractivity contribution in [2.45, 2.75) is 45.2 Å². The van der Waals surface area contributed by atoms with E-state index in [9.17, 15) is 14.9 Å². The van der Waals surface area contributed by atoms with Crippen molar-refractivity contribution in [2.24, 2.45) is 0 Å². The van der Waals surface area contributed by atoms with E-state index in [0.29, 0.717) is 12.5 Å². The molecule has 0 radical (unpaired) electrons. The summed E-state index contributed by atoms with van der Waals surface area (Å²) in [6.45, 7) is 4.62. The molecule has 1 fully saturated rings. The molecule has 8 heteroatoms. The van der Waals surface area contributed by atoms with Crippen LogP contribution in [0.2, 0.25) is 0 Å². The average Bonchev–Trinajstić information content (AvgIpc) is 3.60. The summed E-state index contributed by atoms with van der Waals surface area (Å²) in [6.07, 6.45) is 1.74. The maximum absolute atomic E-state index is 13.5. The molecule has 0 saturated heterocycles. The quantitative estimate of drug-likeness (QED) is 0.430. The van der Waals surface area contributed by atoms with Crippen LogP contribution in [0.3, 0.4) is 0 Å². The van der Waals surface area contributed by atoms with Gasteiger partial charge in [-0.1, -0.05) is 38.1 Å². The van der Waals surface area contributed by atoms with Crippen molar-refractivity contribution in [3.8, 4) is 17.2 Å². The van der Waals surface area contributed by atoms with Crippen LogP contribution in [0.15, 0.2) is 30.3 Å². The first-order chi connectivity index (χ1) is 14.8. The standard InChI is InChI=1S/C23H28N2O6/c1-14(2)16-8-6-15(7-9-16)13-24(17-10-11-17)23(26)18-12-19(29-3)21(30-4)22(31-5)20(18)25(27)28/h6-9,12,14,17H,10-11,13H2,1-5H3. The number of hydrogen-bond acceptors (Lipinski definition) is 6. The van der Waals surface area contributed by atoms with E-state index in [4.69, 9.17) is 14.2 Å². The summed E-state index contributed by atoms with van der Waals surface area (Å²) in [6, 6.07) is 9.52. The van der Waals surface area contributed by atoms with Gasteiger partial charge in [0.25, 0.3) is 5.91 Å². The zero-order valence-corrected chi connectivity index (χ0v) is 18.5. The van der Waals surface area contributed by atoms with Gasteiger partial charge >= 0.3 is 5.69 Å². The topological polar surface area (TPSA) is 91.1 Å². The fraction of sp³-hybridized carbons (Fsp3) is 0.435. The highest BCUT2D eigenvalue weighted by molar-refractivity contribution is 6.01. The van der Waals surface area contributed by atoms with Gasteiger partial charge in [-0.25, -0.2) is 0 Å². The first-order valence-electron chi connectivity index (χ1n) is 10.2. The van der Waals surface area contributed by atoms with E-state index in [1.54, 1.807) is 4.90 Å². The van der Waals surface area contributed by atoms with Crippen LogP contribution >= 0.6 is 0 Å². The Labute approximate surface area is 181 Å². The average molecular weight is 428 g/mol. The van der Waals surface area contributed by atoms with Gasteiger partial charge in [-0.3, -0.25) is 14.9 Å². The molecule has 2 aromatic carbocycles. The molecular formula is C23H28N2O6. The molecule has 166 valence electrons. The summed E-state index contributed by atoms with van der Waals surface area (Å²) >= 11 is 0. The largest absolute Gasteiger partial charge is 0.493 e. The monoisotopic (exact) mass is 428 g/mol. The van der Waals surface area contributed by atoms with Crippen LogP contribution in [-0.2, 0) is 6.54 Å². The number of nitro groups is 1. The molecule has 1 aliphatic carbocycles. The van der Waals surface area contributed by atoms with Crippen molar-refractivity contribution < 1.29 is 23.9 Å². The molecule has 2 aromatic rings. The molecule has 0 unspecified atom stereocenters. The fourth-order valence-electron chi connectivity index (χ4n) is 3.60. The van der Waals surface area contributed by atoms with Gasteiger partial charge in [-0.05, 0) is 29.9 Å². The highest BCUT2D eigenvalue weighted by Crippen LogP contribution is 2.47. The van der Waals surface area contributed by atoms with Crippen LogP contribution in [0.1, 0.15) is 54.1 Å². The maximum atomic E-state index is 13.5. The van der Waals surface area contributed by atoms with Crippen LogP contribution in [0.4, 0.5) is 5.69 Å². The third-order valence-electron chi connectivity index (χ3n) is 5.46. The Balaban J connectivity index is 2.03. The Morgan fingerprint density at radius 3 is 2.16 bits per heavy atom. The molecule has 8 nitrogen and oxygen atoms in total. The highest BCUT2D eigenvalue weighted by atomic mass is 16.6. The molecule has 0 atom stereocenters. The second-order valence-corrected chi connectivity index (χ2v) is 7.86. The van der Waals surface area contributed by atoms with Crippen molar-refractivity contribution in [1.82, 2.24) is 4.90 Å². The summed E-state index contributed by atoms with van der Waals surface area (Å²) in [7, 11) is 4.07. The minimum atomic E-state index is -0.615. The molecular weight excluding hydrogens is 400 g/mol. The molecule has 0 N–H and O–H groups in total. The van der Waals surface area contributed by atoms with Gasteiger partial charge in [0, 0.05) is 18.7 Å². The van der Waals surface area contributed by atoms with E-state index in [2.05, 4.69) is 26.0 Å². The smallest absolute Gasteiger partial charge is 0.327 e. The Kier molecular flexibility index (Phi) is 6.68. The number of methoxy groups -OCH3 is 3. The van der Waals surface area contributed by atoms with Crippen molar-refractivity contribution in [3.63, 3.8) is 0 Å². The number of hydrogen-bond donors (Lipinski definition) is 0. The van der Waals surface area contributed by atoms with Crippen LogP contribution in [0.25, 0.3) is 0 Å².